The smallest absolute Gasteiger partial charge is 0.255 e. The molecule has 2 aromatic carbocycles. The molecule has 3 heterocycles. The predicted molar refractivity (Wildman–Crippen MR) is 119 cm³/mol. The Kier molecular flexibility index (Phi) is 5.76. The van der Waals surface area contributed by atoms with Crippen molar-refractivity contribution in [2.45, 2.75) is 38.6 Å². The first-order chi connectivity index (χ1) is 16.5. The van der Waals surface area contributed by atoms with Crippen molar-refractivity contribution in [2.24, 2.45) is 0 Å². The Balaban J connectivity index is 1.26. The standard InChI is InChI=1S/C25H27N3O5/c29-23-9-8-21(24(30)26-23)28-15-20-19(25(28)31)2-1-3-22(20)33-16-18-6-4-17(5-7-18)14-27-10-12-32-13-11-27/h1-7,21H,8-16H2,(H,26,29,30)/i1D. The summed E-state index contributed by atoms with van der Waals surface area (Å²) in [5.41, 5.74) is 3.27. The van der Waals surface area contributed by atoms with Gasteiger partial charge in [-0.25, -0.2) is 0 Å². The number of amides is 3. The number of nitrogens with zero attached hydrogens (tertiary/aromatic N) is 2. The van der Waals surface area contributed by atoms with Gasteiger partial charge in [-0.05, 0) is 29.7 Å². The van der Waals surface area contributed by atoms with E-state index in [1.54, 1.807) is 6.07 Å². The summed E-state index contributed by atoms with van der Waals surface area (Å²) in [6.07, 6.45) is 0.496. The van der Waals surface area contributed by atoms with Crippen LogP contribution in [0.3, 0.4) is 0 Å². The molecule has 1 unspecified atom stereocenters. The fourth-order valence-electron chi connectivity index (χ4n) is 4.54. The molecule has 33 heavy (non-hydrogen) atoms. The first kappa shape index (κ1) is 20.4. The van der Waals surface area contributed by atoms with E-state index in [9.17, 15) is 14.4 Å². The first-order valence-corrected chi connectivity index (χ1v) is 11.3. The number of piperidine rings is 1. The average Bonchev–Trinajstić information content (AvgIpc) is 3.15. The second-order valence-electron chi connectivity index (χ2n) is 8.61. The molecule has 8 nitrogen and oxygen atoms in total. The molecule has 0 spiro atoms. The molecule has 5 rings (SSSR count). The summed E-state index contributed by atoms with van der Waals surface area (Å²) in [6.45, 7) is 4.83. The predicted octanol–water partition coefficient (Wildman–Crippen LogP) is 1.86. The molecule has 0 bridgehead atoms. The van der Waals surface area contributed by atoms with Crippen LogP contribution < -0.4 is 10.1 Å². The Morgan fingerprint density at radius 3 is 2.58 bits per heavy atom. The van der Waals surface area contributed by atoms with E-state index >= 15 is 0 Å². The summed E-state index contributed by atoms with van der Waals surface area (Å²) < 4.78 is 19.6. The third-order valence-corrected chi connectivity index (χ3v) is 6.40. The van der Waals surface area contributed by atoms with Crippen LogP contribution in [0.1, 0.15) is 41.3 Å². The molecule has 1 N–H and O–H groups in total. The van der Waals surface area contributed by atoms with Crippen LogP contribution in [-0.2, 0) is 34.0 Å². The Morgan fingerprint density at radius 1 is 1.06 bits per heavy atom. The average molecular weight is 451 g/mol. The highest BCUT2D eigenvalue weighted by atomic mass is 16.5. The van der Waals surface area contributed by atoms with Crippen molar-refractivity contribution < 1.29 is 25.2 Å². The summed E-state index contributed by atoms with van der Waals surface area (Å²) in [5.74, 6) is -0.610. The molecular formula is C25H27N3O5. The molecule has 3 amide bonds. The Hall–Kier alpha value is -3.23. The maximum atomic E-state index is 13.0. The van der Waals surface area contributed by atoms with Gasteiger partial charge in [0.05, 0.1) is 21.1 Å². The van der Waals surface area contributed by atoms with E-state index < -0.39 is 11.9 Å². The Labute approximate surface area is 193 Å². The van der Waals surface area contributed by atoms with Crippen LogP contribution >= 0.6 is 0 Å². The lowest BCUT2D eigenvalue weighted by Gasteiger charge is -2.29. The van der Waals surface area contributed by atoms with Crippen molar-refractivity contribution in [3.05, 3.63) is 64.7 Å². The normalized spacial score (nSPS) is 21.6. The number of benzene rings is 2. The molecule has 3 aliphatic heterocycles. The number of hydrogen-bond donors (Lipinski definition) is 1. The van der Waals surface area contributed by atoms with E-state index in [1.165, 1.54) is 16.5 Å². The lowest BCUT2D eigenvalue weighted by Crippen LogP contribution is -2.52. The lowest BCUT2D eigenvalue weighted by atomic mass is 10.0. The van der Waals surface area contributed by atoms with Crippen LogP contribution in [0, 0.1) is 0 Å². The molecule has 0 aliphatic carbocycles. The van der Waals surface area contributed by atoms with Crippen LogP contribution in [0.4, 0.5) is 0 Å². The van der Waals surface area contributed by atoms with Gasteiger partial charge in [-0.15, -0.1) is 0 Å². The number of imide groups is 1. The first-order valence-electron chi connectivity index (χ1n) is 11.8. The van der Waals surface area contributed by atoms with Crippen LogP contribution in [-0.4, -0.2) is 59.9 Å². The number of rotatable bonds is 6. The molecule has 3 aliphatic rings. The van der Waals surface area contributed by atoms with Crippen molar-refractivity contribution in [1.29, 1.82) is 0 Å². The highest BCUT2D eigenvalue weighted by Gasteiger charge is 2.40. The summed E-state index contributed by atoms with van der Waals surface area (Å²) in [6, 6.07) is 10.8. The number of carbonyl (C=O) groups excluding carboxylic acids is 3. The monoisotopic (exact) mass is 450 g/mol. The summed E-state index contributed by atoms with van der Waals surface area (Å²) >= 11 is 0. The zero-order valence-corrected chi connectivity index (χ0v) is 18.3. The second kappa shape index (κ2) is 9.33. The highest BCUT2D eigenvalue weighted by molar-refractivity contribution is 6.05. The van der Waals surface area contributed by atoms with Gasteiger partial charge in [0, 0.05) is 37.2 Å². The molecule has 2 fully saturated rings. The summed E-state index contributed by atoms with van der Waals surface area (Å²) in [4.78, 5) is 40.6. The largest absolute Gasteiger partial charge is 0.489 e. The fourth-order valence-corrected chi connectivity index (χ4v) is 4.54. The molecule has 0 saturated carbocycles. The third-order valence-electron chi connectivity index (χ3n) is 6.40. The van der Waals surface area contributed by atoms with Gasteiger partial charge in [-0.1, -0.05) is 30.3 Å². The number of carbonyl (C=O) groups is 3. The van der Waals surface area contributed by atoms with Gasteiger partial charge < -0.3 is 14.4 Å². The SMILES string of the molecule is [2H]c1cc(OCc2ccc(CN3CCOCC3)cc2)c2c(c1)C(=O)N(C1CCC(=O)NC1=O)C2. The molecular weight excluding hydrogens is 422 g/mol. The van der Waals surface area contributed by atoms with E-state index in [0.717, 1.165) is 38.4 Å². The van der Waals surface area contributed by atoms with Gasteiger partial charge in [0.2, 0.25) is 11.8 Å². The topological polar surface area (TPSA) is 88.2 Å². The number of ether oxygens (including phenoxy) is 2. The zero-order chi connectivity index (χ0) is 23.7. The van der Waals surface area contributed by atoms with E-state index in [1.807, 2.05) is 12.1 Å². The third kappa shape index (κ3) is 4.62. The van der Waals surface area contributed by atoms with E-state index in [4.69, 9.17) is 10.8 Å². The number of fused-ring (bicyclic) bond motifs is 1. The van der Waals surface area contributed by atoms with Gasteiger partial charge in [0.25, 0.3) is 5.91 Å². The zero-order valence-electron chi connectivity index (χ0n) is 19.3. The van der Waals surface area contributed by atoms with E-state index in [-0.39, 0.29) is 30.8 Å². The molecule has 172 valence electrons. The maximum Gasteiger partial charge on any atom is 0.255 e. The van der Waals surface area contributed by atoms with E-state index in [0.29, 0.717) is 29.9 Å². The van der Waals surface area contributed by atoms with Gasteiger partial charge in [0.1, 0.15) is 18.4 Å². The van der Waals surface area contributed by atoms with E-state index in [2.05, 4.69) is 22.3 Å². The molecule has 2 saturated heterocycles. The van der Waals surface area contributed by atoms with Gasteiger partial charge in [0.15, 0.2) is 0 Å². The molecule has 1 atom stereocenters. The van der Waals surface area contributed by atoms with Crippen molar-refractivity contribution in [1.82, 2.24) is 15.1 Å². The minimum absolute atomic E-state index is 0.174. The van der Waals surface area contributed by atoms with Crippen LogP contribution in [0.25, 0.3) is 0 Å². The quantitative estimate of drug-likeness (QED) is 0.676. The lowest BCUT2D eigenvalue weighted by molar-refractivity contribution is -0.136. The Morgan fingerprint density at radius 2 is 1.82 bits per heavy atom. The van der Waals surface area contributed by atoms with Gasteiger partial charge >= 0.3 is 0 Å². The summed E-state index contributed by atoms with van der Waals surface area (Å²) in [7, 11) is 0. The molecule has 8 heteroatoms. The van der Waals surface area contributed by atoms with Crippen molar-refractivity contribution in [3.63, 3.8) is 0 Å². The molecule has 0 radical (unpaired) electrons. The van der Waals surface area contributed by atoms with Crippen molar-refractivity contribution in [3.8, 4) is 5.75 Å². The van der Waals surface area contributed by atoms with Crippen LogP contribution in [0.15, 0.2) is 42.4 Å². The second-order valence-corrected chi connectivity index (χ2v) is 8.61. The number of nitrogens with one attached hydrogen (secondary N) is 1. The minimum atomic E-state index is -0.696. The van der Waals surface area contributed by atoms with Gasteiger partial charge in [-0.2, -0.15) is 0 Å². The molecule has 2 aromatic rings. The minimum Gasteiger partial charge on any atom is -0.489 e. The van der Waals surface area contributed by atoms with Crippen LogP contribution in [0.2, 0.25) is 0 Å². The van der Waals surface area contributed by atoms with Crippen molar-refractivity contribution in [2.75, 3.05) is 26.3 Å². The van der Waals surface area contributed by atoms with Crippen LogP contribution in [0.5, 0.6) is 5.75 Å². The fraction of sp³-hybridized carbons (Fsp3) is 0.400. The Bertz CT molecular complexity index is 1110. The molecule has 0 aromatic heterocycles. The summed E-state index contributed by atoms with van der Waals surface area (Å²) in [5, 5.41) is 2.31. The number of morpholine rings is 1. The maximum absolute atomic E-state index is 13.0. The van der Waals surface area contributed by atoms with Gasteiger partial charge in [-0.3, -0.25) is 24.6 Å². The highest BCUT2D eigenvalue weighted by Crippen LogP contribution is 2.34. The number of hydrogen-bond acceptors (Lipinski definition) is 6. The van der Waals surface area contributed by atoms with Crippen molar-refractivity contribution >= 4 is 17.7 Å².